The molecular formula is C18H18ClN3O2S. The molecule has 0 aliphatic rings. The van der Waals surface area contributed by atoms with Gasteiger partial charge in [0.1, 0.15) is 4.90 Å². The molecule has 0 amide bonds. The van der Waals surface area contributed by atoms with E-state index < -0.39 is 10.0 Å². The van der Waals surface area contributed by atoms with E-state index in [9.17, 15) is 8.42 Å². The topological polar surface area (TPSA) is 78.0 Å². The molecule has 0 fully saturated rings. The Bertz CT molecular complexity index is 1010. The molecule has 3 aromatic rings. The Labute approximate surface area is 152 Å². The number of para-hydroxylation sites is 1. The summed E-state index contributed by atoms with van der Waals surface area (Å²) in [5, 5.41) is 10.5. The van der Waals surface area contributed by atoms with E-state index in [1.807, 2.05) is 44.2 Å². The van der Waals surface area contributed by atoms with Gasteiger partial charge in [0.15, 0.2) is 0 Å². The van der Waals surface area contributed by atoms with Gasteiger partial charge in [-0.2, -0.15) is 5.10 Å². The molecule has 0 aliphatic heterocycles. The Morgan fingerprint density at radius 3 is 2.24 bits per heavy atom. The SMILES string of the molecule is CC(C)c1nn(-c2ccccc2S(N)(=O)=O)c(-c2ccccc2)c1Cl. The van der Waals surface area contributed by atoms with Crippen molar-refractivity contribution in [2.75, 3.05) is 0 Å². The fourth-order valence-electron chi connectivity index (χ4n) is 2.68. The average Bonchev–Trinajstić information content (AvgIpc) is 2.92. The third-order valence-corrected chi connectivity index (χ3v) is 5.18. The molecule has 130 valence electrons. The quantitative estimate of drug-likeness (QED) is 0.749. The Balaban J connectivity index is 2.37. The van der Waals surface area contributed by atoms with Crippen molar-refractivity contribution in [3.8, 4) is 16.9 Å². The number of hydrogen-bond donors (Lipinski definition) is 1. The molecule has 0 aliphatic carbocycles. The van der Waals surface area contributed by atoms with Crippen LogP contribution in [0, 0.1) is 0 Å². The van der Waals surface area contributed by atoms with E-state index in [-0.39, 0.29) is 10.8 Å². The number of primary sulfonamides is 1. The van der Waals surface area contributed by atoms with E-state index in [0.29, 0.717) is 22.1 Å². The van der Waals surface area contributed by atoms with Gasteiger partial charge in [0.2, 0.25) is 10.0 Å². The third-order valence-electron chi connectivity index (χ3n) is 3.85. The fourth-order valence-corrected chi connectivity index (χ4v) is 3.84. The van der Waals surface area contributed by atoms with Crippen LogP contribution in [0.15, 0.2) is 59.5 Å². The summed E-state index contributed by atoms with van der Waals surface area (Å²) in [6.07, 6.45) is 0. The molecule has 5 nitrogen and oxygen atoms in total. The third kappa shape index (κ3) is 3.33. The second-order valence-electron chi connectivity index (χ2n) is 5.99. The number of nitrogens with zero attached hydrogens (tertiary/aromatic N) is 2. The van der Waals surface area contributed by atoms with Crippen LogP contribution in [0.5, 0.6) is 0 Å². The summed E-state index contributed by atoms with van der Waals surface area (Å²) < 4.78 is 25.6. The second kappa shape index (κ2) is 6.63. The molecule has 2 aromatic carbocycles. The molecular weight excluding hydrogens is 358 g/mol. The molecule has 0 saturated heterocycles. The van der Waals surface area contributed by atoms with Crippen LogP contribution < -0.4 is 5.14 Å². The molecule has 7 heteroatoms. The Morgan fingerprint density at radius 1 is 1.04 bits per heavy atom. The van der Waals surface area contributed by atoms with Crippen molar-refractivity contribution in [3.63, 3.8) is 0 Å². The molecule has 2 N–H and O–H groups in total. The summed E-state index contributed by atoms with van der Waals surface area (Å²) in [6.45, 7) is 3.97. The van der Waals surface area contributed by atoms with Crippen molar-refractivity contribution < 1.29 is 8.42 Å². The molecule has 25 heavy (non-hydrogen) atoms. The first kappa shape index (κ1) is 17.7. The number of halogens is 1. The van der Waals surface area contributed by atoms with Crippen LogP contribution in [0.3, 0.4) is 0 Å². The van der Waals surface area contributed by atoms with Gasteiger partial charge in [-0.25, -0.2) is 18.2 Å². The number of benzene rings is 2. The summed E-state index contributed by atoms with van der Waals surface area (Å²) in [5.74, 6) is 0.0814. The molecule has 1 aromatic heterocycles. The van der Waals surface area contributed by atoms with Gasteiger partial charge in [0, 0.05) is 5.56 Å². The highest BCUT2D eigenvalue weighted by Crippen LogP contribution is 2.37. The zero-order chi connectivity index (χ0) is 18.2. The lowest BCUT2D eigenvalue weighted by molar-refractivity contribution is 0.596. The normalized spacial score (nSPS) is 11.9. The lowest BCUT2D eigenvalue weighted by Crippen LogP contribution is -2.16. The van der Waals surface area contributed by atoms with Gasteiger partial charge in [-0.05, 0) is 18.1 Å². The molecule has 1 heterocycles. The maximum atomic E-state index is 12.0. The zero-order valence-corrected chi connectivity index (χ0v) is 15.4. The van der Waals surface area contributed by atoms with Crippen molar-refractivity contribution in [1.82, 2.24) is 9.78 Å². The van der Waals surface area contributed by atoms with E-state index in [4.69, 9.17) is 16.7 Å². The molecule has 0 bridgehead atoms. The zero-order valence-electron chi connectivity index (χ0n) is 13.8. The van der Waals surface area contributed by atoms with Crippen molar-refractivity contribution in [3.05, 3.63) is 65.3 Å². The minimum absolute atomic E-state index is 0.00153. The van der Waals surface area contributed by atoms with Gasteiger partial charge in [-0.3, -0.25) is 0 Å². The van der Waals surface area contributed by atoms with Crippen LogP contribution in [0.2, 0.25) is 5.02 Å². The summed E-state index contributed by atoms with van der Waals surface area (Å²) in [7, 11) is -3.91. The minimum atomic E-state index is -3.91. The summed E-state index contributed by atoms with van der Waals surface area (Å²) >= 11 is 6.61. The highest BCUT2D eigenvalue weighted by atomic mass is 35.5. The van der Waals surface area contributed by atoms with E-state index in [0.717, 1.165) is 5.56 Å². The number of sulfonamides is 1. The van der Waals surface area contributed by atoms with Crippen LogP contribution >= 0.6 is 11.6 Å². The highest BCUT2D eigenvalue weighted by molar-refractivity contribution is 7.89. The average molecular weight is 376 g/mol. The first-order valence-electron chi connectivity index (χ1n) is 7.76. The van der Waals surface area contributed by atoms with Gasteiger partial charge >= 0.3 is 0 Å². The van der Waals surface area contributed by atoms with Crippen LogP contribution in [-0.4, -0.2) is 18.2 Å². The molecule has 0 radical (unpaired) electrons. The van der Waals surface area contributed by atoms with E-state index in [1.54, 1.807) is 22.9 Å². The van der Waals surface area contributed by atoms with Gasteiger partial charge in [-0.1, -0.05) is 67.9 Å². The molecule has 0 saturated carbocycles. The predicted molar refractivity (Wildman–Crippen MR) is 99.5 cm³/mol. The molecule has 0 unspecified atom stereocenters. The molecule has 0 atom stereocenters. The summed E-state index contributed by atoms with van der Waals surface area (Å²) in [4.78, 5) is 0.00153. The van der Waals surface area contributed by atoms with Gasteiger partial charge < -0.3 is 0 Å². The Hall–Kier alpha value is -2.15. The number of aromatic nitrogens is 2. The van der Waals surface area contributed by atoms with Crippen LogP contribution in [-0.2, 0) is 10.0 Å². The number of hydrogen-bond acceptors (Lipinski definition) is 3. The Morgan fingerprint density at radius 2 is 1.64 bits per heavy atom. The second-order valence-corrected chi connectivity index (χ2v) is 7.90. The number of nitrogens with two attached hydrogens (primary N) is 1. The number of rotatable bonds is 4. The Kier molecular flexibility index (Phi) is 4.69. The maximum Gasteiger partial charge on any atom is 0.240 e. The first-order valence-corrected chi connectivity index (χ1v) is 9.69. The van der Waals surface area contributed by atoms with Crippen LogP contribution in [0.1, 0.15) is 25.5 Å². The smallest absolute Gasteiger partial charge is 0.230 e. The van der Waals surface area contributed by atoms with Crippen molar-refractivity contribution >= 4 is 21.6 Å². The largest absolute Gasteiger partial charge is 0.240 e. The van der Waals surface area contributed by atoms with Crippen molar-refractivity contribution in [1.29, 1.82) is 0 Å². The maximum absolute atomic E-state index is 12.0. The van der Waals surface area contributed by atoms with Crippen LogP contribution in [0.4, 0.5) is 0 Å². The van der Waals surface area contributed by atoms with Crippen molar-refractivity contribution in [2.24, 2.45) is 5.14 Å². The van der Waals surface area contributed by atoms with Gasteiger partial charge in [-0.15, -0.1) is 0 Å². The lowest BCUT2D eigenvalue weighted by Gasteiger charge is -2.11. The first-order chi connectivity index (χ1) is 11.8. The standard InChI is InChI=1S/C18H18ClN3O2S/c1-12(2)17-16(19)18(13-8-4-3-5-9-13)22(21-17)14-10-6-7-11-15(14)25(20,23)24/h3-12H,1-2H3,(H2,20,23,24). The summed E-state index contributed by atoms with van der Waals surface area (Å²) in [6, 6.07) is 16.0. The van der Waals surface area contributed by atoms with Crippen LogP contribution in [0.25, 0.3) is 16.9 Å². The highest BCUT2D eigenvalue weighted by Gasteiger charge is 2.24. The minimum Gasteiger partial charge on any atom is -0.230 e. The molecule has 0 spiro atoms. The lowest BCUT2D eigenvalue weighted by atomic mass is 10.1. The monoisotopic (exact) mass is 375 g/mol. The van der Waals surface area contributed by atoms with Crippen molar-refractivity contribution in [2.45, 2.75) is 24.7 Å². The predicted octanol–water partition coefficient (Wildman–Crippen LogP) is 3.96. The fraction of sp³-hybridized carbons (Fsp3) is 0.167. The van der Waals surface area contributed by atoms with E-state index >= 15 is 0 Å². The van der Waals surface area contributed by atoms with Gasteiger partial charge in [0.25, 0.3) is 0 Å². The summed E-state index contributed by atoms with van der Waals surface area (Å²) in [5.41, 5.74) is 2.56. The van der Waals surface area contributed by atoms with Gasteiger partial charge in [0.05, 0.1) is 22.1 Å². The van der Waals surface area contributed by atoms with E-state index in [1.165, 1.54) is 6.07 Å². The van der Waals surface area contributed by atoms with E-state index in [2.05, 4.69) is 5.10 Å². The molecule has 3 rings (SSSR count).